The second-order valence-electron chi connectivity index (χ2n) is 6.22. The van der Waals surface area contributed by atoms with Gasteiger partial charge in [-0.25, -0.2) is 0 Å². The molecule has 0 aromatic rings. The Bertz CT molecular complexity index is 268. The summed E-state index contributed by atoms with van der Waals surface area (Å²) >= 11 is 0. The van der Waals surface area contributed by atoms with Crippen molar-refractivity contribution in [3.63, 3.8) is 0 Å². The number of rotatable bonds is 7. The summed E-state index contributed by atoms with van der Waals surface area (Å²) in [5.41, 5.74) is 0.719. The van der Waals surface area contributed by atoms with Gasteiger partial charge in [-0.15, -0.1) is 0 Å². The van der Waals surface area contributed by atoms with Gasteiger partial charge < -0.3 is 8.85 Å². The molecule has 0 aromatic heterocycles. The molecule has 0 aromatic carbocycles. The molecule has 0 amide bonds. The smallest absolute Gasteiger partial charge is 0.388 e. The molecule has 115 valence electrons. The van der Waals surface area contributed by atoms with Crippen molar-refractivity contribution in [3.8, 4) is 0 Å². The third-order valence-electron chi connectivity index (χ3n) is 4.60. The highest BCUT2D eigenvalue weighted by atomic mass is 28.3. The van der Waals surface area contributed by atoms with Crippen LogP contribution >= 0.6 is 0 Å². The zero-order valence-corrected chi connectivity index (χ0v) is 14.1. The molecule has 3 heteroatoms. The predicted molar refractivity (Wildman–Crippen MR) is 85.9 cm³/mol. The van der Waals surface area contributed by atoms with Gasteiger partial charge in [0.15, 0.2) is 0 Å². The molecule has 20 heavy (non-hydrogen) atoms. The lowest BCUT2D eigenvalue weighted by Crippen LogP contribution is -2.30. The highest BCUT2D eigenvalue weighted by molar-refractivity contribution is 6.46. The first-order valence-electron chi connectivity index (χ1n) is 8.69. The fourth-order valence-electron chi connectivity index (χ4n) is 3.46. The molecule has 0 atom stereocenters. The van der Waals surface area contributed by atoms with E-state index in [1.54, 1.807) is 0 Å². The molecule has 2 saturated carbocycles. The minimum absolute atomic E-state index is 0.719. The Morgan fingerprint density at radius 2 is 1.55 bits per heavy atom. The fraction of sp³-hybridized carbons (Fsp3) is 0.882. The molecule has 0 saturated heterocycles. The lowest BCUT2D eigenvalue weighted by molar-refractivity contribution is 0.203. The van der Waals surface area contributed by atoms with Crippen LogP contribution in [0, 0.1) is 5.92 Å². The molecule has 0 heterocycles. The van der Waals surface area contributed by atoms with E-state index in [-0.39, 0.29) is 0 Å². The van der Waals surface area contributed by atoms with Crippen LogP contribution in [0.1, 0.15) is 71.1 Å². The zero-order valence-electron chi connectivity index (χ0n) is 13.1. The van der Waals surface area contributed by atoms with Crippen molar-refractivity contribution < 1.29 is 8.85 Å². The lowest BCUT2D eigenvalue weighted by atomic mass is 9.89. The van der Waals surface area contributed by atoms with E-state index in [2.05, 4.69) is 19.1 Å². The molecule has 2 nitrogen and oxygen atoms in total. The number of hydrogen-bond acceptors (Lipinski definition) is 2. The average Bonchev–Trinajstić information content (AvgIpc) is 2.52. The molecular weight excluding hydrogens is 264 g/mol. The summed E-state index contributed by atoms with van der Waals surface area (Å²) in [6, 6.07) is 0. The van der Waals surface area contributed by atoms with Gasteiger partial charge >= 0.3 is 9.28 Å². The van der Waals surface area contributed by atoms with E-state index < -0.39 is 9.28 Å². The Morgan fingerprint density at radius 1 is 0.900 bits per heavy atom. The number of hydrogen-bond donors (Lipinski definition) is 0. The molecule has 0 aliphatic heterocycles. The SMILES string of the molecule is CCO[Si](OCC=CC1CCCCC1)C1CCCCC1. The standard InChI is InChI=1S/C17H31O2Si/c1-2-18-20(17-13-7-4-8-14-17)19-15-9-12-16-10-5-3-6-11-16/h9,12,16-17H,2-8,10-11,13-15H2,1H3. The van der Waals surface area contributed by atoms with Crippen LogP contribution in [0.4, 0.5) is 0 Å². The van der Waals surface area contributed by atoms with Gasteiger partial charge in [0.05, 0.1) is 6.61 Å². The number of allylic oxidation sites excluding steroid dienone is 1. The molecule has 0 unspecified atom stereocenters. The molecule has 2 rings (SSSR count). The normalized spacial score (nSPS) is 22.9. The molecule has 0 bridgehead atoms. The third kappa shape index (κ3) is 5.70. The van der Waals surface area contributed by atoms with E-state index in [0.717, 1.165) is 24.7 Å². The second-order valence-corrected chi connectivity index (χ2v) is 8.26. The summed E-state index contributed by atoms with van der Waals surface area (Å²) in [7, 11) is -1.05. The van der Waals surface area contributed by atoms with E-state index in [1.807, 2.05) is 0 Å². The van der Waals surface area contributed by atoms with Gasteiger partial charge in [0.2, 0.25) is 0 Å². The van der Waals surface area contributed by atoms with Crippen molar-refractivity contribution in [2.45, 2.75) is 76.7 Å². The summed E-state index contributed by atoms with van der Waals surface area (Å²) in [5.74, 6) is 0.810. The minimum Gasteiger partial charge on any atom is -0.393 e. The van der Waals surface area contributed by atoms with Crippen molar-refractivity contribution in [2.24, 2.45) is 5.92 Å². The van der Waals surface area contributed by atoms with Crippen molar-refractivity contribution in [1.29, 1.82) is 0 Å². The molecule has 1 radical (unpaired) electrons. The highest BCUT2D eigenvalue weighted by Crippen LogP contribution is 2.32. The largest absolute Gasteiger partial charge is 0.393 e. The van der Waals surface area contributed by atoms with E-state index >= 15 is 0 Å². The Kier molecular flexibility index (Phi) is 7.92. The predicted octanol–water partition coefficient (Wildman–Crippen LogP) is 5.00. The highest BCUT2D eigenvalue weighted by Gasteiger charge is 2.29. The molecule has 0 spiro atoms. The van der Waals surface area contributed by atoms with Gasteiger partial charge in [0.25, 0.3) is 0 Å². The first kappa shape index (κ1) is 16.3. The van der Waals surface area contributed by atoms with Crippen LogP contribution in [0.5, 0.6) is 0 Å². The summed E-state index contributed by atoms with van der Waals surface area (Å²) in [6.45, 7) is 3.66. The lowest BCUT2D eigenvalue weighted by Gasteiger charge is -2.26. The van der Waals surface area contributed by atoms with Gasteiger partial charge in [-0.2, -0.15) is 0 Å². The van der Waals surface area contributed by atoms with Gasteiger partial charge in [0, 0.05) is 12.1 Å². The van der Waals surface area contributed by atoms with E-state index in [1.165, 1.54) is 64.2 Å². The summed E-state index contributed by atoms with van der Waals surface area (Å²) in [4.78, 5) is 0. The quantitative estimate of drug-likeness (QED) is 0.486. The molecular formula is C17H31O2Si. The van der Waals surface area contributed by atoms with Crippen LogP contribution in [0.2, 0.25) is 5.54 Å². The van der Waals surface area contributed by atoms with E-state index in [0.29, 0.717) is 0 Å². The Hall–Kier alpha value is -0.123. The first-order chi connectivity index (χ1) is 9.90. The monoisotopic (exact) mass is 295 g/mol. The maximum Gasteiger partial charge on any atom is 0.388 e. The zero-order chi connectivity index (χ0) is 14.0. The van der Waals surface area contributed by atoms with Crippen LogP contribution in [-0.4, -0.2) is 22.5 Å². The van der Waals surface area contributed by atoms with Crippen LogP contribution in [0.15, 0.2) is 12.2 Å². The maximum atomic E-state index is 6.11. The van der Waals surface area contributed by atoms with Crippen molar-refractivity contribution in [1.82, 2.24) is 0 Å². The van der Waals surface area contributed by atoms with Gasteiger partial charge in [-0.1, -0.05) is 50.7 Å². The van der Waals surface area contributed by atoms with Crippen molar-refractivity contribution >= 4 is 9.28 Å². The van der Waals surface area contributed by atoms with E-state index in [9.17, 15) is 0 Å². The summed E-state index contributed by atoms with van der Waals surface area (Å²) in [5, 5.41) is 0. The van der Waals surface area contributed by atoms with Crippen LogP contribution in [0.25, 0.3) is 0 Å². The summed E-state index contributed by atoms with van der Waals surface area (Å²) in [6.07, 6.45) is 18.4. The molecule has 0 N–H and O–H groups in total. The van der Waals surface area contributed by atoms with Crippen molar-refractivity contribution in [2.75, 3.05) is 13.2 Å². The minimum atomic E-state index is -1.05. The second kappa shape index (κ2) is 9.75. The van der Waals surface area contributed by atoms with Gasteiger partial charge in [-0.3, -0.25) is 0 Å². The Balaban J connectivity index is 1.69. The molecule has 2 aliphatic rings. The van der Waals surface area contributed by atoms with Crippen molar-refractivity contribution in [3.05, 3.63) is 12.2 Å². The molecule has 2 fully saturated rings. The fourth-order valence-corrected chi connectivity index (χ4v) is 5.44. The topological polar surface area (TPSA) is 18.5 Å². The van der Waals surface area contributed by atoms with Crippen LogP contribution < -0.4 is 0 Å². The van der Waals surface area contributed by atoms with E-state index in [4.69, 9.17) is 8.85 Å². The van der Waals surface area contributed by atoms with Gasteiger partial charge in [-0.05, 0) is 38.5 Å². The first-order valence-corrected chi connectivity index (χ1v) is 10.1. The molecule has 2 aliphatic carbocycles. The van der Waals surface area contributed by atoms with Crippen LogP contribution in [-0.2, 0) is 8.85 Å². The average molecular weight is 296 g/mol. The van der Waals surface area contributed by atoms with Gasteiger partial charge in [0.1, 0.15) is 0 Å². The maximum absolute atomic E-state index is 6.11. The Morgan fingerprint density at radius 3 is 2.20 bits per heavy atom. The summed E-state index contributed by atoms with van der Waals surface area (Å²) < 4.78 is 12.0. The third-order valence-corrected chi connectivity index (χ3v) is 6.87. The Labute approximate surface area is 126 Å². The van der Waals surface area contributed by atoms with Crippen LogP contribution in [0.3, 0.4) is 0 Å².